The number of nitrogens with zero attached hydrogens (tertiary/aromatic N) is 2. The van der Waals surface area contributed by atoms with Crippen LogP contribution in [0.2, 0.25) is 0 Å². The van der Waals surface area contributed by atoms with E-state index in [4.69, 9.17) is 9.47 Å². The third kappa shape index (κ3) is 4.38. The Morgan fingerprint density at radius 2 is 2.29 bits per heavy atom. The van der Waals surface area contributed by atoms with E-state index in [2.05, 4.69) is 29.1 Å². The summed E-state index contributed by atoms with van der Waals surface area (Å²) in [5, 5.41) is 3.68. The molecule has 0 aliphatic carbocycles. The minimum atomic E-state index is 0.364. The van der Waals surface area contributed by atoms with Gasteiger partial charge in [0.2, 0.25) is 5.88 Å². The molecule has 1 aliphatic heterocycles. The smallest absolute Gasteiger partial charge is 0.216 e. The molecule has 1 N–H and O–H groups in total. The van der Waals surface area contributed by atoms with Crippen molar-refractivity contribution in [1.29, 1.82) is 0 Å². The Labute approximate surface area is 127 Å². The molecule has 118 valence electrons. The van der Waals surface area contributed by atoms with Crippen LogP contribution in [0.5, 0.6) is 5.88 Å². The number of aromatic nitrogens is 2. The van der Waals surface area contributed by atoms with E-state index in [9.17, 15) is 0 Å². The van der Waals surface area contributed by atoms with Gasteiger partial charge in [-0.15, -0.1) is 0 Å². The van der Waals surface area contributed by atoms with Crippen molar-refractivity contribution in [3.8, 4) is 5.88 Å². The molecule has 3 unspecified atom stereocenters. The first-order chi connectivity index (χ1) is 10.3. The minimum Gasteiger partial charge on any atom is -0.481 e. The molecule has 0 spiro atoms. The van der Waals surface area contributed by atoms with E-state index in [-0.39, 0.29) is 0 Å². The van der Waals surface area contributed by atoms with Gasteiger partial charge in [0.1, 0.15) is 6.33 Å². The lowest BCUT2D eigenvalue weighted by Crippen LogP contribution is -2.42. The molecular formula is C16H27N3O2. The van der Waals surface area contributed by atoms with Crippen LogP contribution in [0.4, 0.5) is 0 Å². The van der Waals surface area contributed by atoms with Crippen LogP contribution in [-0.4, -0.2) is 42.4 Å². The van der Waals surface area contributed by atoms with Gasteiger partial charge in [-0.05, 0) is 25.8 Å². The largest absolute Gasteiger partial charge is 0.481 e. The van der Waals surface area contributed by atoms with Crippen molar-refractivity contribution in [2.75, 3.05) is 20.3 Å². The van der Waals surface area contributed by atoms with E-state index in [1.54, 1.807) is 13.4 Å². The molecule has 2 heterocycles. The summed E-state index contributed by atoms with van der Waals surface area (Å²) in [6.45, 7) is 6.30. The lowest BCUT2D eigenvalue weighted by Gasteiger charge is -2.28. The highest BCUT2D eigenvalue weighted by atomic mass is 16.5. The zero-order valence-corrected chi connectivity index (χ0v) is 13.3. The van der Waals surface area contributed by atoms with Crippen LogP contribution in [0, 0.1) is 5.92 Å². The van der Waals surface area contributed by atoms with Crippen LogP contribution in [0.1, 0.15) is 38.8 Å². The average molecular weight is 293 g/mol. The van der Waals surface area contributed by atoms with Crippen molar-refractivity contribution in [3.63, 3.8) is 0 Å². The Morgan fingerprint density at radius 3 is 3.00 bits per heavy atom. The summed E-state index contributed by atoms with van der Waals surface area (Å²) in [7, 11) is 1.64. The first-order valence-corrected chi connectivity index (χ1v) is 7.98. The Balaban J connectivity index is 2.07. The van der Waals surface area contributed by atoms with Crippen LogP contribution >= 0.6 is 0 Å². The van der Waals surface area contributed by atoms with E-state index in [1.165, 1.54) is 0 Å². The lowest BCUT2D eigenvalue weighted by atomic mass is 9.88. The van der Waals surface area contributed by atoms with Crippen molar-refractivity contribution in [3.05, 3.63) is 18.1 Å². The van der Waals surface area contributed by atoms with Crippen LogP contribution in [0.3, 0.4) is 0 Å². The van der Waals surface area contributed by atoms with Crippen molar-refractivity contribution in [1.82, 2.24) is 15.3 Å². The quantitative estimate of drug-likeness (QED) is 0.796. The maximum atomic E-state index is 5.86. The molecule has 5 nitrogen and oxygen atoms in total. The normalized spacial score (nSPS) is 23.2. The van der Waals surface area contributed by atoms with E-state index in [0.717, 1.165) is 44.5 Å². The van der Waals surface area contributed by atoms with E-state index in [1.807, 2.05) is 6.07 Å². The van der Waals surface area contributed by atoms with Gasteiger partial charge in [-0.2, -0.15) is 0 Å². The number of ether oxygens (including phenoxy) is 2. The molecule has 0 radical (unpaired) electrons. The maximum absolute atomic E-state index is 5.86. The molecule has 0 saturated carbocycles. The molecule has 0 bridgehead atoms. The molecule has 3 atom stereocenters. The molecule has 1 saturated heterocycles. The number of rotatable bonds is 8. The summed E-state index contributed by atoms with van der Waals surface area (Å²) in [6.07, 6.45) is 6.16. The minimum absolute atomic E-state index is 0.364. The second-order valence-electron chi connectivity index (χ2n) is 5.59. The third-order valence-corrected chi connectivity index (χ3v) is 4.17. The first-order valence-electron chi connectivity index (χ1n) is 7.98. The van der Waals surface area contributed by atoms with E-state index in [0.29, 0.717) is 23.9 Å². The highest BCUT2D eigenvalue weighted by molar-refractivity contribution is 5.14. The molecule has 5 heteroatoms. The van der Waals surface area contributed by atoms with Crippen molar-refractivity contribution < 1.29 is 9.47 Å². The van der Waals surface area contributed by atoms with Crippen LogP contribution in [0.15, 0.2) is 12.4 Å². The highest BCUT2D eigenvalue weighted by Gasteiger charge is 2.33. The number of methoxy groups -OCH3 is 1. The predicted molar refractivity (Wildman–Crippen MR) is 82.5 cm³/mol. The highest BCUT2D eigenvalue weighted by Crippen LogP contribution is 2.28. The second-order valence-corrected chi connectivity index (χ2v) is 5.59. The fraction of sp³-hybridized carbons (Fsp3) is 0.750. The van der Waals surface area contributed by atoms with E-state index >= 15 is 0 Å². The molecule has 21 heavy (non-hydrogen) atoms. The molecule has 1 aliphatic rings. The SMILES string of the molecule is CCCNC(Cc1cc(OC)ncn1)C1CCOC1CC. The van der Waals surface area contributed by atoms with Crippen LogP contribution < -0.4 is 10.1 Å². The molecule has 1 aromatic heterocycles. The zero-order valence-electron chi connectivity index (χ0n) is 13.3. The van der Waals surface area contributed by atoms with Crippen LogP contribution in [0.25, 0.3) is 0 Å². The number of hydrogen-bond acceptors (Lipinski definition) is 5. The molecule has 1 aromatic rings. The molecule has 2 rings (SSSR count). The third-order valence-electron chi connectivity index (χ3n) is 4.17. The summed E-state index contributed by atoms with van der Waals surface area (Å²) in [5.74, 6) is 1.19. The average Bonchev–Trinajstić information content (AvgIpc) is 3.00. The van der Waals surface area contributed by atoms with Crippen molar-refractivity contribution in [2.45, 2.75) is 51.7 Å². The Kier molecular flexibility index (Phi) is 6.39. The number of hydrogen-bond donors (Lipinski definition) is 1. The van der Waals surface area contributed by atoms with Gasteiger partial charge < -0.3 is 14.8 Å². The number of nitrogens with one attached hydrogen (secondary N) is 1. The Bertz CT molecular complexity index is 428. The van der Waals surface area contributed by atoms with Gasteiger partial charge in [-0.25, -0.2) is 9.97 Å². The van der Waals surface area contributed by atoms with Gasteiger partial charge in [0.15, 0.2) is 0 Å². The molecular weight excluding hydrogens is 266 g/mol. The van der Waals surface area contributed by atoms with Crippen molar-refractivity contribution >= 4 is 0 Å². The van der Waals surface area contributed by atoms with Gasteiger partial charge >= 0.3 is 0 Å². The first kappa shape index (κ1) is 16.2. The standard InChI is InChI=1S/C16H27N3O2/c1-4-7-17-14(13-6-8-21-15(13)5-2)9-12-10-16(20-3)19-11-18-12/h10-11,13-15,17H,4-9H2,1-3H3. The Hall–Kier alpha value is -1.20. The van der Waals surface area contributed by atoms with Crippen molar-refractivity contribution in [2.24, 2.45) is 5.92 Å². The summed E-state index contributed by atoms with van der Waals surface area (Å²) in [4.78, 5) is 8.46. The molecule has 1 fully saturated rings. The second kappa shape index (κ2) is 8.29. The predicted octanol–water partition coefficient (Wildman–Crippen LogP) is 2.21. The zero-order chi connectivity index (χ0) is 15.1. The molecule has 0 aromatic carbocycles. The summed E-state index contributed by atoms with van der Waals surface area (Å²) < 4.78 is 11.0. The van der Waals surface area contributed by atoms with Crippen LogP contribution in [-0.2, 0) is 11.2 Å². The maximum Gasteiger partial charge on any atom is 0.216 e. The summed E-state index contributed by atoms with van der Waals surface area (Å²) >= 11 is 0. The van der Waals surface area contributed by atoms with Gasteiger partial charge in [0.25, 0.3) is 0 Å². The fourth-order valence-electron chi connectivity index (χ4n) is 3.08. The summed E-state index contributed by atoms with van der Waals surface area (Å²) in [5.41, 5.74) is 1.03. The van der Waals surface area contributed by atoms with E-state index < -0.39 is 0 Å². The van der Waals surface area contributed by atoms with Gasteiger partial charge in [-0.3, -0.25) is 0 Å². The van der Waals surface area contributed by atoms with Gasteiger partial charge in [0.05, 0.1) is 13.2 Å². The summed E-state index contributed by atoms with van der Waals surface area (Å²) in [6, 6.07) is 2.33. The lowest BCUT2D eigenvalue weighted by molar-refractivity contribution is 0.0773. The molecule has 0 amide bonds. The fourth-order valence-corrected chi connectivity index (χ4v) is 3.08. The van der Waals surface area contributed by atoms with Gasteiger partial charge in [-0.1, -0.05) is 13.8 Å². The topological polar surface area (TPSA) is 56.3 Å². The monoisotopic (exact) mass is 293 g/mol. The van der Waals surface area contributed by atoms with Gasteiger partial charge in [0, 0.05) is 36.7 Å². The Morgan fingerprint density at radius 1 is 1.43 bits per heavy atom.